The van der Waals surface area contributed by atoms with Crippen molar-refractivity contribution in [3.63, 3.8) is 0 Å². The first-order chi connectivity index (χ1) is 10.7. The Kier molecular flexibility index (Phi) is 2.25. The molecule has 2 aromatic carbocycles. The van der Waals surface area contributed by atoms with Crippen LogP contribution in [0, 0.1) is 0 Å². The van der Waals surface area contributed by atoms with Gasteiger partial charge in [-0.15, -0.1) is 0 Å². The van der Waals surface area contributed by atoms with Gasteiger partial charge in [-0.25, -0.2) is 0 Å². The number of rotatable bonds is 0. The van der Waals surface area contributed by atoms with Crippen molar-refractivity contribution in [2.45, 2.75) is 38.6 Å². The maximum Gasteiger partial charge on any atom is 0.255 e. The van der Waals surface area contributed by atoms with E-state index in [4.69, 9.17) is 4.74 Å². The fourth-order valence-corrected chi connectivity index (χ4v) is 4.28. The average molecular weight is 291 g/mol. The first kappa shape index (κ1) is 12.4. The van der Waals surface area contributed by atoms with Gasteiger partial charge in [0.05, 0.1) is 18.8 Å². The fourth-order valence-electron chi connectivity index (χ4n) is 4.28. The molecule has 0 radical (unpaired) electrons. The summed E-state index contributed by atoms with van der Waals surface area (Å²) in [6, 6.07) is 12.6. The highest BCUT2D eigenvalue weighted by atomic mass is 16.5. The van der Waals surface area contributed by atoms with Crippen LogP contribution in [0.1, 0.15) is 45.1 Å². The minimum Gasteiger partial charge on any atom is -0.372 e. The van der Waals surface area contributed by atoms with Crippen molar-refractivity contribution in [3.05, 3.63) is 69.8 Å². The van der Waals surface area contributed by atoms with Gasteiger partial charge in [0.1, 0.15) is 0 Å². The molecule has 0 bridgehead atoms. The molecule has 0 N–H and O–H groups in total. The smallest absolute Gasteiger partial charge is 0.255 e. The van der Waals surface area contributed by atoms with Gasteiger partial charge in [0, 0.05) is 18.5 Å². The molecule has 0 fully saturated rings. The van der Waals surface area contributed by atoms with E-state index < -0.39 is 0 Å². The first-order valence-electron chi connectivity index (χ1n) is 7.79. The van der Waals surface area contributed by atoms with E-state index in [1.807, 2.05) is 23.1 Å². The van der Waals surface area contributed by atoms with Crippen molar-refractivity contribution < 1.29 is 9.53 Å². The zero-order chi connectivity index (χ0) is 14.9. The van der Waals surface area contributed by atoms with Gasteiger partial charge in [-0.05, 0) is 40.8 Å². The maximum absolute atomic E-state index is 12.8. The van der Waals surface area contributed by atoms with Crippen molar-refractivity contribution in [1.29, 1.82) is 0 Å². The number of amides is 1. The molecule has 22 heavy (non-hydrogen) atoms. The van der Waals surface area contributed by atoms with Crippen LogP contribution in [0.5, 0.6) is 0 Å². The van der Waals surface area contributed by atoms with Gasteiger partial charge >= 0.3 is 0 Å². The molecule has 0 aromatic heterocycles. The molecule has 3 heterocycles. The van der Waals surface area contributed by atoms with Crippen molar-refractivity contribution in [1.82, 2.24) is 4.90 Å². The fraction of sp³-hybridized carbons (Fsp3) is 0.316. The van der Waals surface area contributed by atoms with Crippen LogP contribution < -0.4 is 0 Å². The zero-order valence-corrected chi connectivity index (χ0v) is 12.6. The van der Waals surface area contributed by atoms with Gasteiger partial charge in [-0.2, -0.15) is 0 Å². The highest BCUT2D eigenvalue weighted by Crippen LogP contribution is 2.46. The quantitative estimate of drug-likeness (QED) is 0.746. The highest BCUT2D eigenvalue weighted by Gasteiger charge is 2.48. The predicted molar refractivity (Wildman–Crippen MR) is 82.3 cm³/mol. The van der Waals surface area contributed by atoms with Crippen LogP contribution in [0.15, 0.2) is 36.4 Å². The van der Waals surface area contributed by atoms with Crippen molar-refractivity contribution in [2.24, 2.45) is 0 Å². The second-order valence-electron chi connectivity index (χ2n) is 6.77. The number of nitrogens with zero attached hydrogens (tertiary/aromatic N) is 1. The Labute approximate surface area is 129 Å². The summed E-state index contributed by atoms with van der Waals surface area (Å²) in [4.78, 5) is 14.8. The minimum absolute atomic E-state index is 0.167. The summed E-state index contributed by atoms with van der Waals surface area (Å²) in [6.45, 7) is 4.32. The molecule has 0 saturated carbocycles. The van der Waals surface area contributed by atoms with E-state index in [9.17, 15) is 4.79 Å². The molecule has 3 aliphatic heterocycles. The number of benzene rings is 2. The second kappa shape index (κ2) is 3.99. The Balaban J connectivity index is 1.68. The van der Waals surface area contributed by atoms with Gasteiger partial charge in [0.25, 0.3) is 5.91 Å². The third kappa shape index (κ3) is 1.42. The predicted octanol–water partition coefficient (Wildman–Crippen LogP) is 3.14. The molecule has 0 spiro atoms. The van der Waals surface area contributed by atoms with Crippen LogP contribution in [-0.2, 0) is 36.5 Å². The molecule has 3 heteroatoms. The number of hydrogen-bond donors (Lipinski definition) is 0. The van der Waals surface area contributed by atoms with Crippen LogP contribution in [0.2, 0.25) is 0 Å². The number of ether oxygens (including phenoxy) is 1. The lowest BCUT2D eigenvalue weighted by molar-refractivity contribution is 0.0523. The van der Waals surface area contributed by atoms with E-state index in [1.165, 1.54) is 27.8 Å². The molecule has 1 unspecified atom stereocenters. The van der Waals surface area contributed by atoms with E-state index in [2.05, 4.69) is 25.1 Å². The molecule has 3 nitrogen and oxygen atoms in total. The topological polar surface area (TPSA) is 29.5 Å². The number of hydrogen-bond acceptors (Lipinski definition) is 2. The Morgan fingerprint density at radius 1 is 1.05 bits per heavy atom. The van der Waals surface area contributed by atoms with E-state index >= 15 is 0 Å². The normalized spacial score (nSPS) is 24.8. The molecule has 3 aliphatic rings. The van der Waals surface area contributed by atoms with Crippen molar-refractivity contribution in [2.75, 3.05) is 0 Å². The molecular weight excluding hydrogens is 274 g/mol. The Hall–Kier alpha value is -2.13. The summed E-state index contributed by atoms with van der Waals surface area (Å²) < 4.78 is 5.55. The maximum atomic E-state index is 12.8. The molecular formula is C19H17NO2. The van der Waals surface area contributed by atoms with E-state index in [1.54, 1.807) is 0 Å². The monoisotopic (exact) mass is 291 g/mol. The first-order valence-corrected chi connectivity index (χ1v) is 7.79. The van der Waals surface area contributed by atoms with Crippen LogP contribution in [-0.4, -0.2) is 10.8 Å². The van der Waals surface area contributed by atoms with E-state index in [0.717, 1.165) is 18.6 Å². The van der Waals surface area contributed by atoms with E-state index in [-0.39, 0.29) is 11.4 Å². The van der Waals surface area contributed by atoms with Crippen LogP contribution in [0.4, 0.5) is 0 Å². The molecule has 2 aromatic rings. The lowest BCUT2D eigenvalue weighted by Gasteiger charge is -2.41. The standard InChI is InChI=1S/C19H17NO2/c1-19-8-12-6-14-10-22-11-15(14)7-13(12)9-20(19)18(21)16-4-2-3-5-17(16)19/h2-7H,8-11H2,1H3. The summed E-state index contributed by atoms with van der Waals surface area (Å²) in [5.74, 6) is 0.167. The van der Waals surface area contributed by atoms with Gasteiger partial charge in [-0.1, -0.05) is 30.3 Å². The van der Waals surface area contributed by atoms with Gasteiger partial charge in [0.15, 0.2) is 0 Å². The minimum atomic E-state index is -0.214. The van der Waals surface area contributed by atoms with Crippen molar-refractivity contribution in [3.8, 4) is 0 Å². The third-order valence-electron chi connectivity index (χ3n) is 5.48. The molecule has 1 atom stereocenters. The van der Waals surface area contributed by atoms with Gasteiger partial charge < -0.3 is 9.64 Å². The number of carbonyl (C=O) groups is 1. The SMILES string of the molecule is CC12Cc3cc4c(cc3CN1C(=O)c1ccccc12)COC4. The van der Waals surface area contributed by atoms with Crippen molar-refractivity contribution >= 4 is 5.91 Å². The molecule has 110 valence electrons. The lowest BCUT2D eigenvalue weighted by atomic mass is 9.80. The Morgan fingerprint density at radius 3 is 2.59 bits per heavy atom. The van der Waals surface area contributed by atoms with Gasteiger partial charge in [0.2, 0.25) is 0 Å². The Bertz CT molecular complexity index is 826. The van der Waals surface area contributed by atoms with E-state index in [0.29, 0.717) is 13.2 Å². The highest BCUT2D eigenvalue weighted by molar-refractivity contribution is 6.00. The lowest BCUT2D eigenvalue weighted by Crippen LogP contribution is -2.46. The molecule has 5 rings (SSSR count). The Morgan fingerprint density at radius 2 is 1.77 bits per heavy atom. The third-order valence-corrected chi connectivity index (χ3v) is 5.48. The van der Waals surface area contributed by atoms with Gasteiger partial charge in [-0.3, -0.25) is 4.79 Å². The number of carbonyl (C=O) groups excluding carboxylic acids is 1. The largest absolute Gasteiger partial charge is 0.372 e. The summed E-state index contributed by atoms with van der Waals surface area (Å²) in [5.41, 5.74) is 7.07. The number of fused-ring (bicyclic) bond motifs is 5. The zero-order valence-electron chi connectivity index (χ0n) is 12.6. The average Bonchev–Trinajstić information content (AvgIpc) is 3.06. The van der Waals surface area contributed by atoms with Crippen LogP contribution in [0.3, 0.4) is 0 Å². The molecule has 0 saturated heterocycles. The van der Waals surface area contributed by atoms with Crippen LogP contribution in [0.25, 0.3) is 0 Å². The molecule has 1 amide bonds. The molecule has 0 aliphatic carbocycles. The second-order valence-corrected chi connectivity index (χ2v) is 6.77. The summed E-state index contributed by atoms with van der Waals surface area (Å²) >= 11 is 0. The summed E-state index contributed by atoms with van der Waals surface area (Å²) in [5, 5.41) is 0. The van der Waals surface area contributed by atoms with Crippen LogP contribution >= 0.6 is 0 Å². The summed E-state index contributed by atoms with van der Waals surface area (Å²) in [7, 11) is 0. The summed E-state index contributed by atoms with van der Waals surface area (Å²) in [6.07, 6.45) is 0.887.